The van der Waals surface area contributed by atoms with Crippen molar-refractivity contribution in [3.8, 4) is 0 Å². The van der Waals surface area contributed by atoms with Gasteiger partial charge in [0, 0.05) is 25.0 Å². The van der Waals surface area contributed by atoms with Crippen LogP contribution in [-0.4, -0.2) is 24.5 Å². The Labute approximate surface area is 138 Å². The van der Waals surface area contributed by atoms with Crippen LogP contribution < -0.4 is 5.32 Å². The molecule has 2 aromatic rings. The summed E-state index contributed by atoms with van der Waals surface area (Å²) in [5.74, 6) is 0. The van der Waals surface area contributed by atoms with E-state index in [2.05, 4.69) is 11.4 Å². The zero-order valence-corrected chi connectivity index (χ0v) is 13.9. The van der Waals surface area contributed by atoms with Crippen LogP contribution in [0.5, 0.6) is 0 Å². The largest absolute Gasteiger partial charge is 0.338 e. The number of thiophene rings is 1. The highest BCUT2D eigenvalue weighted by Gasteiger charge is 2.09. The van der Waals surface area contributed by atoms with E-state index in [-0.39, 0.29) is 6.03 Å². The van der Waals surface area contributed by atoms with Crippen LogP contribution in [0.1, 0.15) is 10.4 Å². The van der Waals surface area contributed by atoms with Gasteiger partial charge in [0.1, 0.15) is 0 Å². The molecule has 0 aliphatic heterocycles. The van der Waals surface area contributed by atoms with E-state index in [4.69, 9.17) is 23.2 Å². The molecule has 1 aromatic carbocycles. The van der Waals surface area contributed by atoms with Crippen LogP contribution in [0.3, 0.4) is 0 Å². The molecule has 3 nitrogen and oxygen atoms in total. The Kier molecular flexibility index (Phi) is 5.91. The average Bonchev–Trinajstić information content (AvgIpc) is 2.96. The molecule has 1 aromatic heterocycles. The van der Waals surface area contributed by atoms with Crippen molar-refractivity contribution in [2.45, 2.75) is 13.0 Å². The van der Waals surface area contributed by atoms with Crippen molar-refractivity contribution in [1.82, 2.24) is 10.2 Å². The molecule has 112 valence electrons. The topological polar surface area (TPSA) is 32.3 Å². The molecule has 2 amide bonds. The van der Waals surface area contributed by atoms with Crippen molar-refractivity contribution in [3.63, 3.8) is 0 Å². The van der Waals surface area contributed by atoms with Gasteiger partial charge in [-0.15, -0.1) is 11.3 Å². The standard InChI is InChI=1S/C15H16Cl2N2OS/c1-19(10-11-4-5-13(16)14(17)9-11)15(20)18-7-6-12-3-2-8-21-12/h2-5,8-9H,6-7,10H2,1H3,(H,18,20). The summed E-state index contributed by atoms with van der Waals surface area (Å²) in [5.41, 5.74) is 0.945. The Morgan fingerprint density at radius 3 is 2.76 bits per heavy atom. The number of rotatable bonds is 5. The van der Waals surface area contributed by atoms with Gasteiger partial charge in [0.25, 0.3) is 0 Å². The summed E-state index contributed by atoms with van der Waals surface area (Å²) in [4.78, 5) is 14.9. The Balaban J connectivity index is 1.80. The molecule has 6 heteroatoms. The third kappa shape index (κ3) is 4.92. The second-order valence-electron chi connectivity index (χ2n) is 4.67. The third-order valence-electron chi connectivity index (χ3n) is 2.98. The van der Waals surface area contributed by atoms with Crippen LogP contribution in [0, 0.1) is 0 Å². The minimum Gasteiger partial charge on any atom is -0.338 e. The van der Waals surface area contributed by atoms with Crippen LogP contribution in [0.25, 0.3) is 0 Å². The average molecular weight is 343 g/mol. The highest BCUT2D eigenvalue weighted by Crippen LogP contribution is 2.23. The zero-order chi connectivity index (χ0) is 15.2. The molecule has 0 saturated carbocycles. The molecule has 21 heavy (non-hydrogen) atoms. The lowest BCUT2D eigenvalue weighted by Gasteiger charge is -2.18. The van der Waals surface area contributed by atoms with Crippen LogP contribution in [0.2, 0.25) is 10.0 Å². The van der Waals surface area contributed by atoms with Gasteiger partial charge in [-0.3, -0.25) is 0 Å². The van der Waals surface area contributed by atoms with Crippen molar-refractivity contribution >= 4 is 40.6 Å². The molecule has 0 spiro atoms. The SMILES string of the molecule is CN(Cc1ccc(Cl)c(Cl)c1)C(=O)NCCc1cccs1. The van der Waals surface area contributed by atoms with E-state index in [1.54, 1.807) is 35.4 Å². The van der Waals surface area contributed by atoms with E-state index in [1.165, 1.54) is 4.88 Å². The lowest BCUT2D eigenvalue weighted by molar-refractivity contribution is 0.207. The van der Waals surface area contributed by atoms with E-state index in [9.17, 15) is 4.79 Å². The van der Waals surface area contributed by atoms with Crippen LogP contribution in [-0.2, 0) is 13.0 Å². The van der Waals surface area contributed by atoms with Gasteiger partial charge in [-0.25, -0.2) is 4.79 Å². The summed E-state index contributed by atoms with van der Waals surface area (Å²) in [5, 5.41) is 5.95. The summed E-state index contributed by atoms with van der Waals surface area (Å²) in [7, 11) is 1.75. The first-order chi connectivity index (χ1) is 10.1. The number of carbonyl (C=O) groups is 1. The molecule has 1 heterocycles. The van der Waals surface area contributed by atoms with E-state index in [0.29, 0.717) is 23.1 Å². The summed E-state index contributed by atoms with van der Waals surface area (Å²) < 4.78 is 0. The fourth-order valence-corrected chi connectivity index (χ4v) is 2.90. The summed E-state index contributed by atoms with van der Waals surface area (Å²) >= 11 is 13.5. The molecule has 0 bridgehead atoms. The molecule has 0 fully saturated rings. The Morgan fingerprint density at radius 1 is 1.29 bits per heavy atom. The maximum atomic E-state index is 12.0. The van der Waals surface area contributed by atoms with Crippen molar-refractivity contribution < 1.29 is 4.79 Å². The normalized spacial score (nSPS) is 10.4. The van der Waals surface area contributed by atoms with Gasteiger partial charge >= 0.3 is 6.03 Å². The molecule has 2 rings (SSSR count). The first kappa shape index (κ1) is 16.1. The number of urea groups is 1. The molecule has 0 saturated heterocycles. The van der Waals surface area contributed by atoms with Gasteiger partial charge in [0.2, 0.25) is 0 Å². The fraction of sp³-hybridized carbons (Fsp3) is 0.267. The summed E-state index contributed by atoms with van der Waals surface area (Å²) in [6.07, 6.45) is 0.851. The number of hydrogen-bond acceptors (Lipinski definition) is 2. The first-order valence-electron chi connectivity index (χ1n) is 6.51. The second-order valence-corrected chi connectivity index (χ2v) is 6.51. The van der Waals surface area contributed by atoms with E-state index in [0.717, 1.165) is 12.0 Å². The maximum absolute atomic E-state index is 12.0. The van der Waals surface area contributed by atoms with Crippen molar-refractivity contribution in [2.75, 3.05) is 13.6 Å². The molecule has 1 N–H and O–H groups in total. The fourth-order valence-electron chi connectivity index (χ4n) is 1.87. The van der Waals surface area contributed by atoms with Gasteiger partial charge in [0.05, 0.1) is 10.0 Å². The molecule has 0 atom stereocenters. The Morgan fingerprint density at radius 2 is 2.10 bits per heavy atom. The number of benzene rings is 1. The summed E-state index contributed by atoms with van der Waals surface area (Å²) in [6.45, 7) is 1.12. The molecular formula is C15H16Cl2N2OS. The predicted molar refractivity (Wildman–Crippen MR) is 89.4 cm³/mol. The zero-order valence-electron chi connectivity index (χ0n) is 11.6. The highest BCUT2D eigenvalue weighted by atomic mass is 35.5. The van der Waals surface area contributed by atoms with Crippen molar-refractivity contribution in [2.24, 2.45) is 0 Å². The second kappa shape index (κ2) is 7.69. The van der Waals surface area contributed by atoms with Crippen molar-refractivity contribution in [1.29, 1.82) is 0 Å². The van der Waals surface area contributed by atoms with Crippen LogP contribution >= 0.6 is 34.5 Å². The van der Waals surface area contributed by atoms with Crippen molar-refractivity contribution in [3.05, 3.63) is 56.2 Å². The minimum absolute atomic E-state index is 0.0994. The molecule has 0 radical (unpaired) electrons. The molecular weight excluding hydrogens is 327 g/mol. The first-order valence-corrected chi connectivity index (χ1v) is 8.15. The van der Waals surface area contributed by atoms with Gasteiger partial charge in [-0.05, 0) is 35.6 Å². The van der Waals surface area contributed by atoms with Crippen LogP contribution in [0.15, 0.2) is 35.7 Å². The Bertz CT molecular complexity index is 602. The lowest BCUT2D eigenvalue weighted by atomic mass is 10.2. The van der Waals surface area contributed by atoms with E-state index >= 15 is 0 Å². The van der Waals surface area contributed by atoms with Gasteiger partial charge in [0.15, 0.2) is 0 Å². The van der Waals surface area contributed by atoms with Gasteiger partial charge in [-0.2, -0.15) is 0 Å². The predicted octanol–water partition coefficient (Wildman–Crippen LogP) is 4.44. The summed E-state index contributed by atoms with van der Waals surface area (Å²) in [6, 6.07) is 9.36. The number of nitrogens with zero attached hydrogens (tertiary/aromatic N) is 1. The third-order valence-corrected chi connectivity index (χ3v) is 4.65. The smallest absolute Gasteiger partial charge is 0.317 e. The highest BCUT2D eigenvalue weighted by molar-refractivity contribution is 7.09. The van der Waals surface area contributed by atoms with Crippen LogP contribution in [0.4, 0.5) is 4.79 Å². The quantitative estimate of drug-likeness (QED) is 0.855. The molecule has 0 unspecified atom stereocenters. The van der Waals surface area contributed by atoms with Gasteiger partial charge < -0.3 is 10.2 Å². The Hall–Kier alpha value is -1.23. The number of nitrogens with one attached hydrogen (secondary N) is 1. The lowest BCUT2D eigenvalue weighted by Crippen LogP contribution is -2.37. The number of halogens is 2. The number of carbonyl (C=O) groups excluding carboxylic acids is 1. The number of hydrogen-bond donors (Lipinski definition) is 1. The molecule has 0 aliphatic carbocycles. The maximum Gasteiger partial charge on any atom is 0.317 e. The minimum atomic E-state index is -0.0994. The number of amides is 2. The molecule has 0 aliphatic rings. The van der Waals surface area contributed by atoms with E-state index < -0.39 is 0 Å². The van der Waals surface area contributed by atoms with E-state index in [1.807, 2.05) is 17.5 Å². The monoisotopic (exact) mass is 342 g/mol. The van der Waals surface area contributed by atoms with Gasteiger partial charge in [-0.1, -0.05) is 35.3 Å².